The van der Waals surface area contributed by atoms with Crippen LogP contribution in [0.1, 0.15) is 24.5 Å². The lowest BCUT2D eigenvalue weighted by Crippen LogP contribution is -2.37. The minimum atomic E-state index is 0.121. The highest BCUT2D eigenvalue weighted by atomic mass is 16.5. The Morgan fingerprint density at radius 1 is 1.07 bits per heavy atom. The molecular weight excluding hydrogens is 354 g/mol. The summed E-state index contributed by atoms with van der Waals surface area (Å²) < 4.78 is 11.7. The molecule has 0 aliphatic carbocycles. The zero-order valence-electron chi connectivity index (χ0n) is 16.6. The summed E-state index contributed by atoms with van der Waals surface area (Å²) in [6.45, 7) is 6.70. The van der Waals surface area contributed by atoms with Gasteiger partial charge >= 0.3 is 0 Å². The SMILES string of the molecule is COc1ccc2c(c1)C(N1CCCN(C(C)=O)CC1)=Nc1ccc(C)cc1O2. The van der Waals surface area contributed by atoms with Gasteiger partial charge in [0, 0.05) is 33.1 Å². The highest BCUT2D eigenvalue weighted by Gasteiger charge is 2.26. The summed E-state index contributed by atoms with van der Waals surface area (Å²) >= 11 is 0. The summed E-state index contributed by atoms with van der Waals surface area (Å²) in [6, 6.07) is 11.8. The maximum absolute atomic E-state index is 11.8. The summed E-state index contributed by atoms with van der Waals surface area (Å²) in [7, 11) is 1.66. The lowest BCUT2D eigenvalue weighted by Gasteiger charge is -2.25. The van der Waals surface area contributed by atoms with E-state index in [1.54, 1.807) is 14.0 Å². The van der Waals surface area contributed by atoms with Gasteiger partial charge in [0.25, 0.3) is 0 Å². The second-order valence-corrected chi connectivity index (χ2v) is 7.22. The number of hydrogen-bond donors (Lipinski definition) is 0. The number of nitrogens with zero attached hydrogens (tertiary/aromatic N) is 3. The molecule has 0 atom stereocenters. The van der Waals surface area contributed by atoms with Crippen molar-refractivity contribution in [3.63, 3.8) is 0 Å². The first-order valence-corrected chi connectivity index (χ1v) is 9.61. The molecule has 28 heavy (non-hydrogen) atoms. The van der Waals surface area contributed by atoms with E-state index in [2.05, 4.69) is 4.90 Å². The Morgan fingerprint density at radius 3 is 2.71 bits per heavy atom. The fourth-order valence-corrected chi connectivity index (χ4v) is 3.67. The van der Waals surface area contributed by atoms with Gasteiger partial charge in [0.2, 0.25) is 5.91 Å². The molecule has 1 saturated heterocycles. The largest absolute Gasteiger partial charge is 0.497 e. The van der Waals surface area contributed by atoms with Crippen LogP contribution < -0.4 is 9.47 Å². The number of benzene rings is 2. The first kappa shape index (κ1) is 18.3. The Labute approximate surface area is 165 Å². The van der Waals surface area contributed by atoms with E-state index in [0.29, 0.717) is 6.54 Å². The zero-order chi connectivity index (χ0) is 19.7. The molecule has 146 valence electrons. The molecule has 0 bridgehead atoms. The van der Waals surface area contributed by atoms with Gasteiger partial charge in [-0.05, 0) is 49.2 Å². The molecule has 0 saturated carbocycles. The molecule has 0 N–H and O–H groups in total. The van der Waals surface area contributed by atoms with Crippen molar-refractivity contribution in [2.75, 3.05) is 33.3 Å². The lowest BCUT2D eigenvalue weighted by atomic mass is 10.1. The molecule has 4 rings (SSSR count). The number of carbonyl (C=O) groups excluding carboxylic acids is 1. The van der Waals surface area contributed by atoms with E-state index in [1.807, 2.05) is 48.2 Å². The zero-order valence-corrected chi connectivity index (χ0v) is 16.6. The number of rotatable bonds is 1. The van der Waals surface area contributed by atoms with Crippen LogP contribution >= 0.6 is 0 Å². The molecule has 2 aromatic rings. The summed E-state index contributed by atoms with van der Waals surface area (Å²) in [5, 5.41) is 0. The van der Waals surface area contributed by atoms with Gasteiger partial charge in [-0.15, -0.1) is 0 Å². The quantitative estimate of drug-likeness (QED) is 0.757. The van der Waals surface area contributed by atoms with Crippen LogP contribution in [0.25, 0.3) is 0 Å². The molecule has 0 spiro atoms. The third-order valence-corrected chi connectivity index (χ3v) is 5.23. The van der Waals surface area contributed by atoms with E-state index >= 15 is 0 Å². The number of amides is 1. The lowest BCUT2D eigenvalue weighted by molar-refractivity contribution is -0.128. The first-order valence-electron chi connectivity index (χ1n) is 9.61. The number of hydrogen-bond acceptors (Lipinski definition) is 5. The minimum Gasteiger partial charge on any atom is -0.497 e. The molecule has 2 aliphatic rings. The van der Waals surface area contributed by atoms with Crippen LogP contribution in [0.15, 0.2) is 41.4 Å². The standard InChI is InChI=1S/C22H25N3O3/c1-15-5-7-19-21(13-15)28-20-8-6-17(27-3)14-18(20)22(23-19)25-10-4-9-24(11-12-25)16(2)26/h5-8,13-14H,4,9-12H2,1-3H3. The van der Waals surface area contributed by atoms with Crippen molar-refractivity contribution < 1.29 is 14.3 Å². The third kappa shape index (κ3) is 3.54. The fraction of sp³-hybridized carbons (Fsp3) is 0.364. The predicted octanol–water partition coefficient (Wildman–Crippen LogP) is 3.74. The van der Waals surface area contributed by atoms with Crippen LogP contribution in [-0.4, -0.2) is 54.8 Å². The molecule has 0 unspecified atom stereocenters. The van der Waals surface area contributed by atoms with Crippen molar-refractivity contribution in [2.24, 2.45) is 4.99 Å². The Morgan fingerprint density at radius 2 is 1.93 bits per heavy atom. The van der Waals surface area contributed by atoms with Gasteiger partial charge in [-0.3, -0.25) is 4.79 Å². The van der Waals surface area contributed by atoms with Crippen LogP contribution in [-0.2, 0) is 4.79 Å². The highest BCUT2D eigenvalue weighted by Crippen LogP contribution is 2.40. The summed E-state index contributed by atoms with van der Waals surface area (Å²) in [5.41, 5.74) is 2.84. The third-order valence-electron chi connectivity index (χ3n) is 5.23. The number of ether oxygens (including phenoxy) is 2. The molecule has 2 aliphatic heterocycles. The Hall–Kier alpha value is -3.02. The molecule has 6 heteroatoms. The number of methoxy groups -OCH3 is 1. The molecule has 0 radical (unpaired) electrons. The van der Waals surface area contributed by atoms with Crippen LogP contribution in [0.4, 0.5) is 5.69 Å². The van der Waals surface area contributed by atoms with Gasteiger partial charge in [0.1, 0.15) is 23.0 Å². The van der Waals surface area contributed by atoms with Crippen molar-refractivity contribution in [3.05, 3.63) is 47.5 Å². The summed E-state index contributed by atoms with van der Waals surface area (Å²) in [4.78, 5) is 20.9. The van der Waals surface area contributed by atoms with Gasteiger partial charge in [-0.25, -0.2) is 4.99 Å². The molecule has 2 aromatic carbocycles. The molecular formula is C22H25N3O3. The van der Waals surface area contributed by atoms with Crippen LogP contribution in [0, 0.1) is 6.92 Å². The predicted molar refractivity (Wildman–Crippen MR) is 109 cm³/mol. The van der Waals surface area contributed by atoms with Gasteiger partial charge in [0.05, 0.1) is 12.7 Å². The number of fused-ring (bicyclic) bond motifs is 2. The average Bonchev–Trinajstić information content (AvgIpc) is 3.02. The van der Waals surface area contributed by atoms with Crippen molar-refractivity contribution in [1.82, 2.24) is 9.80 Å². The smallest absolute Gasteiger partial charge is 0.219 e. The molecule has 6 nitrogen and oxygen atoms in total. The van der Waals surface area contributed by atoms with Crippen LogP contribution in [0.5, 0.6) is 17.2 Å². The normalized spacial score (nSPS) is 16.2. The molecule has 2 heterocycles. The van der Waals surface area contributed by atoms with E-state index in [9.17, 15) is 4.79 Å². The topological polar surface area (TPSA) is 54.4 Å². The molecule has 1 fully saturated rings. The van der Waals surface area contributed by atoms with Crippen molar-refractivity contribution in [1.29, 1.82) is 0 Å². The Balaban J connectivity index is 1.79. The summed E-state index contributed by atoms with van der Waals surface area (Å²) in [6.07, 6.45) is 0.902. The van der Waals surface area contributed by atoms with Gasteiger partial charge in [-0.1, -0.05) is 6.07 Å². The van der Waals surface area contributed by atoms with Crippen molar-refractivity contribution >= 4 is 17.4 Å². The Bertz CT molecular complexity index is 939. The van der Waals surface area contributed by atoms with E-state index in [1.165, 1.54) is 0 Å². The van der Waals surface area contributed by atoms with E-state index < -0.39 is 0 Å². The van der Waals surface area contributed by atoms with Gasteiger partial charge < -0.3 is 19.3 Å². The van der Waals surface area contributed by atoms with E-state index in [0.717, 1.165) is 66.0 Å². The van der Waals surface area contributed by atoms with Gasteiger partial charge in [-0.2, -0.15) is 0 Å². The number of amidine groups is 1. The van der Waals surface area contributed by atoms with Gasteiger partial charge in [0.15, 0.2) is 5.75 Å². The molecule has 0 aromatic heterocycles. The van der Waals surface area contributed by atoms with E-state index in [-0.39, 0.29) is 5.91 Å². The maximum Gasteiger partial charge on any atom is 0.219 e. The number of aliphatic imine (C=N–C) groups is 1. The summed E-state index contributed by atoms with van der Waals surface area (Å²) in [5.74, 6) is 3.26. The second-order valence-electron chi connectivity index (χ2n) is 7.22. The Kier molecular flexibility index (Phi) is 4.94. The second kappa shape index (κ2) is 7.54. The van der Waals surface area contributed by atoms with Crippen molar-refractivity contribution in [3.8, 4) is 17.2 Å². The van der Waals surface area contributed by atoms with Crippen LogP contribution in [0.3, 0.4) is 0 Å². The van der Waals surface area contributed by atoms with Crippen LogP contribution in [0.2, 0.25) is 0 Å². The first-order chi connectivity index (χ1) is 13.5. The number of carbonyl (C=O) groups is 1. The number of aryl methyl sites for hydroxylation is 1. The molecule has 1 amide bonds. The fourth-order valence-electron chi connectivity index (χ4n) is 3.67. The minimum absolute atomic E-state index is 0.121. The highest BCUT2D eigenvalue weighted by molar-refractivity contribution is 6.04. The average molecular weight is 379 g/mol. The van der Waals surface area contributed by atoms with E-state index in [4.69, 9.17) is 14.5 Å². The maximum atomic E-state index is 11.8. The monoisotopic (exact) mass is 379 g/mol. The van der Waals surface area contributed by atoms with Crippen molar-refractivity contribution in [2.45, 2.75) is 20.3 Å².